The van der Waals surface area contributed by atoms with E-state index in [1.165, 1.54) is 12.8 Å². The molecule has 13 heavy (non-hydrogen) atoms. The zero-order valence-corrected chi connectivity index (χ0v) is 10.5. The number of hydrogen-bond donors (Lipinski definition) is 0. The van der Waals surface area contributed by atoms with Crippen LogP contribution in [0.25, 0.3) is 0 Å². The van der Waals surface area contributed by atoms with Gasteiger partial charge in [-0.1, -0.05) is 31.9 Å². The number of piperidine rings is 2. The average molecular weight is 308 g/mol. The second-order valence-corrected chi connectivity index (χ2v) is 6.18. The van der Waals surface area contributed by atoms with Crippen molar-refractivity contribution in [2.45, 2.75) is 47.4 Å². The Morgan fingerprint density at radius 3 is 1.85 bits per heavy atom. The van der Waals surface area contributed by atoms with Crippen LogP contribution < -0.4 is 0 Å². The van der Waals surface area contributed by atoms with Gasteiger partial charge in [0.05, 0.1) is 12.1 Å². The van der Waals surface area contributed by atoms with E-state index in [0.717, 1.165) is 12.8 Å². The summed E-state index contributed by atoms with van der Waals surface area (Å²) < 4.78 is 0. The molecule has 2 heterocycles. The zero-order chi connectivity index (χ0) is 9.42. The number of halogens is 2. The Kier molecular flexibility index (Phi) is 2.85. The lowest BCUT2D eigenvalue weighted by Gasteiger charge is -2.47. The molecular weight excluding hydrogens is 296 g/mol. The fraction of sp³-hybridized carbons (Fsp3) is 0.889. The highest BCUT2D eigenvalue weighted by atomic mass is 79.9. The molecule has 0 radical (unpaired) electrons. The van der Waals surface area contributed by atoms with Crippen LogP contribution in [-0.4, -0.2) is 26.6 Å². The van der Waals surface area contributed by atoms with E-state index in [2.05, 4.69) is 38.1 Å². The Morgan fingerprint density at radius 1 is 1.00 bits per heavy atom. The Balaban J connectivity index is 2.20. The van der Waals surface area contributed by atoms with Gasteiger partial charge in [-0.05, 0) is 25.7 Å². The number of nitrogens with zero attached hydrogens (tertiary/aromatic N) is 2. The lowest BCUT2D eigenvalue weighted by molar-refractivity contribution is 0.112. The van der Waals surface area contributed by atoms with Crippen LogP contribution in [0.3, 0.4) is 0 Å². The van der Waals surface area contributed by atoms with Crippen molar-refractivity contribution in [3.63, 3.8) is 0 Å². The van der Waals surface area contributed by atoms with Gasteiger partial charge in [-0.15, -0.1) is 0 Å². The molecule has 0 aromatic heterocycles. The van der Waals surface area contributed by atoms with E-state index in [0.29, 0.717) is 21.7 Å². The van der Waals surface area contributed by atoms with Crippen LogP contribution in [0.4, 0.5) is 0 Å². The van der Waals surface area contributed by atoms with Gasteiger partial charge in [-0.2, -0.15) is 5.26 Å². The van der Waals surface area contributed by atoms with E-state index in [1.807, 2.05) is 4.90 Å². The number of fused-ring (bicyclic) bond motifs is 2. The Hall–Kier alpha value is 0.250. The van der Waals surface area contributed by atoms with Crippen molar-refractivity contribution in [1.29, 1.82) is 5.26 Å². The van der Waals surface area contributed by atoms with Crippen LogP contribution in [-0.2, 0) is 0 Å². The minimum Gasteiger partial charge on any atom is -0.302 e. The highest BCUT2D eigenvalue weighted by Gasteiger charge is 2.42. The summed E-state index contributed by atoms with van der Waals surface area (Å²) in [6.07, 6.45) is 7.02. The fourth-order valence-corrected chi connectivity index (χ4v) is 3.99. The van der Waals surface area contributed by atoms with Crippen molar-refractivity contribution in [2.75, 3.05) is 0 Å². The predicted molar refractivity (Wildman–Crippen MR) is 58.9 cm³/mol. The van der Waals surface area contributed by atoms with Crippen molar-refractivity contribution < 1.29 is 0 Å². The van der Waals surface area contributed by atoms with Crippen LogP contribution in [0.5, 0.6) is 0 Å². The van der Waals surface area contributed by atoms with E-state index >= 15 is 0 Å². The summed E-state index contributed by atoms with van der Waals surface area (Å²) in [6, 6.07) is 0.884. The van der Waals surface area contributed by atoms with Gasteiger partial charge in [-0.25, -0.2) is 0 Å². The lowest BCUT2D eigenvalue weighted by Crippen LogP contribution is -2.55. The third-order valence-corrected chi connectivity index (χ3v) is 5.28. The summed E-state index contributed by atoms with van der Waals surface area (Å²) in [5.74, 6) is 0. The molecule has 0 N–H and O–H groups in total. The Labute approximate surface area is 95.5 Å². The van der Waals surface area contributed by atoms with E-state index in [-0.39, 0.29) is 0 Å². The van der Waals surface area contributed by atoms with Crippen molar-refractivity contribution in [2.24, 2.45) is 0 Å². The van der Waals surface area contributed by atoms with Crippen LogP contribution >= 0.6 is 31.9 Å². The first kappa shape index (κ1) is 9.79. The average Bonchev–Trinajstić information content (AvgIpc) is 2.14. The van der Waals surface area contributed by atoms with Crippen LogP contribution in [0, 0.1) is 11.5 Å². The minimum absolute atomic E-state index is 0.442. The maximum Gasteiger partial charge on any atom is 0.179 e. The lowest BCUT2D eigenvalue weighted by atomic mass is 9.85. The minimum atomic E-state index is 0.442. The highest BCUT2D eigenvalue weighted by molar-refractivity contribution is 9.09. The fourth-order valence-electron chi connectivity index (χ4n) is 2.43. The van der Waals surface area contributed by atoms with E-state index in [1.54, 1.807) is 0 Å². The Morgan fingerprint density at radius 2 is 1.46 bits per heavy atom. The second kappa shape index (κ2) is 3.78. The molecule has 0 spiro atoms. The summed E-state index contributed by atoms with van der Waals surface area (Å²) in [6.45, 7) is 0. The van der Waals surface area contributed by atoms with Gasteiger partial charge in [0.2, 0.25) is 0 Å². The van der Waals surface area contributed by atoms with Crippen LogP contribution in [0.2, 0.25) is 0 Å². The smallest absolute Gasteiger partial charge is 0.179 e. The summed E-state index contributed by atoms with van der Waals surface area (Å²) in [7, 11) is 0. The summed E-state index contributed by atoms with van der Waals surface area (Å²) in [4.78, 5) is 3.03. The first-order valence-corrected chi connectivity index (χ1v) is 6.53. The third-order valence-electron chi connectivity index (χ3n) is 3.14. The van der Waals surface area contributed by atoms with E-state index < -0.39 is 0 Å². The van der Waals surface area contributed by atoms with Crippen molar-refractivity contribution >= 4 is 31.9 Å². The molecule has 2 saturated heterocycles. The molecular formula is C9H12Br2N2. The topological polar surface area (TPSA) is 27.0 Å². The molecule has 2 rings (SSSR count). The SMILES string of the molecule is N#CN1[C@@H]2CC[C@@H](Br)[C@H]1CC[C@H]2Br. The number of rotatable bonds is 0. The second-order valence-electron chi connectivity index (χ2n) is 3.83. The number of alkyl halides is 2. The molecule has 2 bridgehead atoms. The predicted octanol–water partition coefficient (Wildman–Crippen LogP) is 2.62. The van der Waals surface area contributed by atoms with Gasteiger partial charge < -0.3 is 4.90 Å². The van der Waals surface area contributed by atoms with Gasteiger partial charge in [0, 0.05) is 9.65 Å². The quantitative estimate of drug-likeness (QED) is 0.508. The highest BCUT2D eigenvalue weighted by Crippen LogP contribution is 2.39. The molecule has 72 valence electrons. The summed E-state index contributed by atoms with van der Waals surface area (Å²) in [5.41, 5.74) is 0. The van der Waals surface area contributed by atoms with E-state index in [9.17, 15) is 0 Å². The first-order valence-electron chi connectivity index (χ1n) is 4.70. The van der Waals surface area contributed by atoms with Gasteiger partial charge in [0.1, 0.15) is 0 Å². The maximum atomic E-state index is 9.07. The van der Waals surface area contributed by atoms with Gasteiger partial charge in [-0.3, -0.25) is 0 Å². The summed E-state index contributed by atoms with van der Waals surface area (Å²) >= 11 is 7.34. The molecule has 0 aromatic carbocycles. The molecule has 0 unspecified atom stereocenters. The summed E-state index contributed by atoms with van der Waals surface area (Å²) in [5, 5.41) is 9.07. The van der Waals surface area contributed by atoms with E-state index in [4.69, 9.17) is 5.26 Å². The van der Waals surface area contributed by atoms with Crippen molar-refractivity contribution in [3.8, 4) is 6.19 Å². The molecule has 0 saturated carbocycles. The Bertz CT molecular complexity index is 220. The van der Waals surface area contributed by atoms with Crippen LogP contribution in [0.15, 0.2) is 0 Å². The molecule has 0 amide bonds. The molecule has 2 fully saturated rings. The molecule has 2 aliphatic rings. The van der Waals surface area contributed by atoms with Gasteiger partial charge >= 0.3 is 0 Å². The largest absolute Gasteiger partial charge is 0.302 e. The number of nitriles is 1. The molecule has 4 heteroatoms. The van der Waals surface area contributed by atoms with Gasteiger partial charge in [0.15, 0.2) is 6.19 Å². The molecule has 2 nitrogen and oxygen atoms in total. The normalized spacial score (nSPS) is 44.2. The van der Waals surface area contributed by atoms with Crippen molar-refractivity contribution in [1.82, 2.24) is 4.90 Å². The molecule has 4 atom stereocenters. The van der Waals surface area contributed by atoms with Crippen molar-refractivity contribution in [3.05, 3.63) is 0 Å². The monoisotopic (exact) mass is 306 g/mol. The van der Waals surface area contributed by atoms with Crippen LogP contribution in [0.1, 0.15) is 25.7 Å². The van der Waals surface area contributed by atoms with Gasteiger partial charge in [0.25, 0.3) is 0 Å². The number of hydrogen-bond acceptors (Lipinski definition) is 2. The first-order chi connectivity index (χ1) is 6.24. The molecule has 0 aromatic rings. The standard InChI is InChI=1S/C9H12Br2N2/c10-6-1-3-8-7(11)2-4-9(6)13(8)5-12/h6-9H,1-4H2/t6-,7-,8-,9-/m1/s1. The molecule has 0 aliphatic carbocycles. The maximum absolute atomic E-state index is 9.07. The third kappa shape index (κ3) is 1.61. The zero-order valence-electron chi connectivity index (χ0n) is 7.29. The molecule has 2 aliphatic heterocycles.